The number of anilines is 1. The van der Waals surface area contributed by atoms with Crippen molar-refractivity contribution in [3.05, 3.63) is 48.5 Å². The number of imidazole rings is 1. The summed E-state index contributed by atoms with van der Waals surface area (Å²) >= 11 is 0. The van der Waals surface area contributed by atoms with Crippen molar-refractivity contribution in [2.45, 2.75) is 32.6 Å². The Kier molecular flexibility index (Phi) is 7.82. The molecule has 0 radical (unpaired) electrons. The van der Waals surface area contributed by atoms with Gasteiger partial charge in [0.05, 0.1) is 31.2 Å². The Bertz CT molecular complexity index is 1060. The van der Waals surface area contributed by atoms with E-state index in [4.69, 9.17) is 24.3 Å². The van der Waals surface area contributed by atoms with Crippen molar-refractivity contribution in [3.63, 3.8) is 0 Å². The fraction of sp³-hybridized carbons (Fsp3) is 0.455. The van der Waals surface area contributed by atoms with Gasteiger partial charge in [-0.1, -0.05) is 18.2 Å². The van der Waals surface area contributed by atoms with Crippen molar-refractivity contribution < 1.29 is 23.3 Å². The minimum absolute atomic E-state index is 0.0550. The van der Waals surface area contributed by atoms with Gasteiger partial charge in [0.15, 0.2) is 19.8 Å². The summed E-state index contributed by atoms with van der Waals surface area (Å²) in [5.74, 6) is -0.0101. The molecule has 176 valence electrons. The summed E-state index contributed by atoms with van der Waals surface area (Å²) in [6, 6.07) is 8.91. The zero-order chi connectivity index (χ0) is 23.2. The number of nitrogen functional groups attached to an aromatic ring is 1. The largest absolute Gasteiger partial charge is 0.459 e. The number of ether oxygens (including phenoxy) is 2. The summed E-state index contributed by atoms with van der Waals surface area (Å²) in [6.45, 7) is 5.16. The number of esters is 1. The van der Waals surface area contributed by atoms with E-state index in [0.717, 1.165) is 0 Å². The highest BCUT2D eigenvalue weighted by atomic mass is 31.2. The lowest BCUT2D eigenvalue weighted by Crippen LogP contribution is -2.26. The van der Waals surface area contributed by atoms with E-state index in [-0.39, 0.29) is 30.8 Å². The maximum Gasteiger partial charge on any atom is 0.338 e. The van der Waals surface area contributed by atoms with Crippen molar-refractivity contribution in [2.24, 2.45) is 5.92 Å². The van der Waals surface area contributed by atoms with Crippen LogP contribution in [0.2, 0.25) is 0 Å². The molecule has 10 nitrogen and oxygen atoms in total. The third-order valence-corrected chi connectivity index (χ3v) is 7.24. The van der Waals surface area contributed by atoms with Gasteiger partial charge in [0, 0.05) is 12.1 Å². The van der Waals surface area contributed by atoms with E-state index < -0.39 is 8.38 Å². The van der Waals surface area contributed by atoms with Crippen LogP contribution in [0.3, 0.4) is 0 Å². The van der Waals surface area contributed by atoms with Crippen LogP contribution in [0.4, 0.5) is 5.82 Å². The van der Waals surface area contributed by atoms with E-state index in [1.807, 2.05) is 24.5 Å². The molecule has 1 fully saturated rings. The monoisotopic (exact) mass is 473 g/mol. The van der Waals surface area contributed by atoms with Crippen LogP contribution in [0.5, 0.6) is 0 Å². The minimum Gasteiger partial charge on any atom is -0.459 e. The predicted octanol–water partition coefficient (Wildman–Crippen LogP) is 3.55. The van der Waals surface area contributed by atoms with Crippen LogP contribution in [-0.4, -0.2) is 57.6 Å². The van der Waals surface area contributed by atoms with Crippen LogP contribution in [0, 0.1) is 5.92 Å². The SMILES string of the molecule is CCOP(CC1C[C@H](n2cnc3c(N)ncnc32)O[C@@H]1COC(=O)c1ccccc1)OCC. The van der Waals surface area contributed by atoms with Gasteiger partial charge in [-0.3, -0.25) is 4.57 Å². The molecule has 0 aliphatic carbocycles. The van der Waals surface area contributed by atoms with Crippen molar-refractivity contribution in [1.82, 2.24) is 19.5 Å². The van der Waals surface area contributed by atoms with Gasteiger partial charge < -0.3 is 24.3 Å². The Hall–Kier alpha value is -2.65. The molecule has 3 heterocycles. The quantitative estimate of drug-likeness (QED) is 0.348. The number of carbonyl (C=O) groups is 1. The van der Waals surface area contributed by atoms with Gasteiger partial charge >= 0.3 is 5.97 Å². The fourth-order valence-corrected chi connectivity index (χ4v) is 5.47. The number of aromatic nitrogens is 4. The molecule has 1 aromatic carbocycles. The third-order valence-electron chi connectivity index (χ3n) is 5.38. The summed E-state index contributed by atoms with van der Waals surface area (Å²) in [7, 11) is -1.08. The Balaban J connectivity index is 1.52. The zero-order valence-corrected chi connectivity index (χ0v) is 19.6. The number of fused-ring (bicyclic) bond motifs is 1. The first kappa shape index (κ1) is 23.5. The summed E-state index contributed by atoms with van der Waals surface area (Å²) in [5, 5.41) is 0. The highest BCUT2D eigenvalue weighted by Gasteiger charge is 2.39. The molecule has 0 spiro atoms. The van der Waals surface area contributed by atoms with Crippen LogP contribution in [-0.2, 0) is 18.5 Å². The Labute approximate surface area is 193 Å². The first-order valence-electron chi connectivity index (χ1n) is 10.9. The standard InChI is InChI=1S/C22H28N5O5P/c1-3-30-33(31-4-2)12-16-10-18(27-14-26-19-20(23)24-13-25-21(19)27)32-17(16)11-29-22(28)15-8-6-5-7-9-15/h5-9,13-14,16-18H,3-4,10-12H2,1-2H3,(H2,23,24,25)/t16?,17-,18-/m1/s1. The number of nitrogens with two attached hydrogens (primary N) is 1. The summed E-state index contributed by atoms with van der Waals surface area (Å²) < 4.78 is 25.5. The Morgan fingerprint density at radius 2 is 1.94 bits per heavy atom. The number of nitrogens with zero attached hydrogens (tertiary/aromatic N) is 4. The fourth-order valence-electron chi connectivity index (χ4n) is 3.84. The lowest BCUT2D eigenvalue weighted by atomic mass is 10.0. The van der Waals surface area contributed by atoms with Gasteiger partial charge in [-0.2, -0.15) is 0 Å². The second kappa shape index (κ2) is 11.0. The Morgan fingerprint density at radius 1 is 1.18 bits per heavy atom. The summed E-state index contributed by atoms with van der Waals surface area (Å²) in [4.78, 5) is 25.2. The van der Waals surface area contributed by atoms with Crippen LogP contribution in [0.15, 0.2) is 43.0 Å². The molecule has 1 saturated heterocycles. The van der Waals surface area contributed by atoms with Gasteiger partial charge in [-0.05, 0) is 32.4 Å². The number of benzene rings is 1. The van der Waals surface area contributed by atoms with E-state index in [1.54, 1.807) is 30.6 Å². The van der Waals surface area contributed by atoms with Crippen molar-refractivity contribution in [3.8, 4) is 0 Å². The average Bonchev–Trinajstić information content (AvgIpc) is 3.43. The van der Waals surface area contributed by atoms with Gasteiger partial charge in [0.1, 0.15) is 24.7 Å². The molecule has 33 heavy (non-hydrogen) atoms. The number of rotatable bonds is 10. The van der Waals surface area contributed by atoms with E-state index in [1.165, 1.54) is 6.33 Å². The lowest BCUT2D eigenvalue weighted by molar-refractivity contribution is -0.0373. The molecular weight excluding hydrogens is 445 g/mol. The molecule has 0 bridgehead atoms. The first-order valence-corrected chi connectivity index (χ1v) is 12.3. The highest BCUT2D eigenvalue weighted by molar-refractivity contribution is 7.47. The molecule has 2 N–H and O–H groups in total. The molecule has 1 aliphatic rings. The van der Waals surface area contributed by atoms with E-state index >= 15 is 0 Å². The van der Waals surface area contributed by atoms with Gasteiger partial charge in [-0.15, -0.1) is 0 Å². The van der Waals surface area contributed by atoms with Crippen molar-refractivity contribution >= 4 is 31.3 Å². The van der Waals surface area contributed by atoms with E-state index in [9.17, 15) is 4.79 Å². The molecule has 11 heteroatoms. The zero-order valence-electron chi connectivity index (χ0n) is 18.7. The Morgan fingerprint density at radius 3 is 2.67 bits per heavy atom. The first-order chi connectivity index (χ1) is 16.1. The molecule has 3 atom stereocenters. The van der Waals surface area contributed by atoms with E-state index in [0.29, 0.717) is 48.3 Å². The van der Waals surface area contributed by atoms with Crippen LogP contribution in [0.25, 0.3) is 11.2 Å². The molecule has 2 aromatic heterocycles. The van der Waals surface area contributed by atoms with Crippen LogP contribution in [0.1, 0.15) is 36.9 Å². The molecule has 0 amide bonds. The number of hydrogen-bond acceptors (Lipinski definition) is 9. The smallest absolute Gasteiger partial charge is 0.338 e. The molecule has 0 saturated carbocycles. The maximum atomic E-state index is 12.5. The van der Waals surface area contributed by atoms with Crippen LogP contribution >= 0.6 is 8.38 Å². The van der Waals surface area contributed by atoms with Gasteiger partial charge in [0.2, 0.25) is 0 Å². The second-order valence-corrected chi connectivity index (χ2v) is 9.07. The maximum absolute atomic E-state index is 12.5. The third kappa shape index (κ3) is 5.47. The topological polar surface area (TPSA) is 124 Å². The van der Waals surface area contributed by atoms with Crippen LogP contribution < -0.4 is 5.73 Å². The van der Waals surface area contributed by atoms with Gasteiger partial charge in [0.25, 0.3) is 0 Å². The van der Waals surface area contributed by atoms with Crippen molar-refractivity contribution in [1.29, 1.82) is 0 Å². The minimum atomic E-state index is -1.08. The number of carbonyl (C=O) groups excluding carboxylic acids is 1. The normalized spacial score (nSPS) is 20.5. The highest BCUT2D eigenvalue weighted by Crippen LogP contribution is 2.46. The van der Waals surface area contributed by atoms with E-state index in [2.05, 4.69) is 15.0 Å². The molecule has 3 aromatic rings. The average molecular weight is 473 g/mol. The lowest BCUT2D eigenvalue weighted by Gasteiger charge is -2.22. The summed E-state index contributed by atoms with van der Waals surface area (Å²) in [5.41, 5.74) is 7.57. The molecule has 1 unspecified atom stereocenters. The molecule has 4 rings (SSSR count). The second-order valence-electron chi connectivity index (χ2n) is 7.52. The van der Waals surface area contributed by atoms with Gasteiger partial charge in [-0.25, -0.2) is 19.7 Å². The predicted molar refractivity (Wildman–Crippen MR) is 124 cm³/mol. The number of hydrogen-bond donors (Lipinski definition) is 1. The van der Waals surface area contributed by atoms with Crippen molar-refractivity contribution in [2.75, 3.05) is 31.7 Å². The molecular formula is C22H28N5O5P. The summed E-state index contributed by atoms with van der Waals surface area (Å²) in [6.07, 6.45) is 3.74. The molecule has 1 aliphatic heterocycles.